The van der Waals surface area contributed by atoms with Crippen molar-refractivity contribution in [3.05, 3.63) is 59.2 Å². The van der Waals surface area contributed by atoms with Crippen LogP contribution in [0.25, 0.3) is 0 Å². The van der Waals surface area contributed by atoms with E-state index < -0.39 is 17.7 Å². The Hall–Kier alpha value is -3.15. The third kappa shape index (κ3) is 4.16. The molecule has 0 aromatic heterocycles. The molecule has 0 unspecified atom stereocenters. The summed E-state index contributed by atoms with van der Waals surface area (Å²) in [5, 5.41) is 5.02. The lowest BCUT2D eigenvalue weighted by Gasteiger charge is -2.09. The summed E-state index contributed by atoms with van der Waals surface area (Å²) in [5.41, 5.74) is 8.38. The fourth-order valence-electron chi connectivity index (χ4n) is 2.04. The minimum atomic E-state index is -0.795. The van der Waals surface area contributed by atoms with Gasteiger partial charge in [0.2, 0.25) is 5.91 Å². The summed E-state index contributed by atoms with van der Waals surface area (Å²) in [6, 6.07) is 11.5. The number of nitrogens with two attached hydrogens (primary N) is 1. The first kappa shape index (κ1) is 16.2. The zero-order chi connectivity index (χ0) is 17.0. The highest BCUT2D eigenvalue weighted by molar-refractivity contribution is 6.43. The number of primary amides is 1. The number of aryl methyl sites for hydroxylation is 2. The van der Waals surface area contributed by atoms with Crippen LogP contribution >= 0.6 is 0 Å². The van der Waals surface area contributed by atoms with Crippen LogP contribution in [-0.2, 0) is 9.59 Å². The van der Waals surface area contributed by atoms with Gasteiger partial charge in [0.25, 0.3) is 0 Å². The highest BCUT2D eigenvalue weighted by atomic mass is 16.2. The average molecular weight is 311 g/mol. The van der Waals surface area contributed by atoms with Gasteiger partial charge in [-0.3, -0.25) is 14.4 Å². The monoisotopic (exact) mass is 311 g/mol. The fraction of sp³-hybridized carbons (Fsp3) is 0.118. The minimum absolute atomic E-state index is 0.322. The van der Waals surface area contributed by atoms with E-state index in [1.54, 1.807) is 6.07 Å². The zero-order valence-corrected chi connectivity index (χ0v) is 12.8. The van der Waals surface area contributed by atoms with Gasteiger partial charge in [-0.1, -0.05) is 17.7 Å². The number of benzene rings is 2. The molecule has 0 saturated heterocycles. The van der Waals surface area contributed by atoms with Crippen LogP contribution in [-0.4, -0.2) is 17.7 Å². The second-order valence-electron chi connectivity index (χ2n) is 5.17. The number of anilines is 2. The quantitative estimate of drug-likeness (QED) is 0.755. The highest BCUT2D eigenvalue weighted by Crippen LogP contribution is 2.16. The van der Waals surface area contributed by atoms with Crippen LogP contribution in [0.4, 0.5) is 11.4 Å². The van der Waals surface area contributed by atoms with Gasteiger partial charge in [0.05, 0.1) is 0 Å². The molecule has 118 valence electrons. The van der Waals surface area contributed by atoms with Crippen molar-refractivity contribution >= 4 is 29.1 Å². The molecule has 0 aliphatic rings. The Morgan fingerprint density at radius 3 is 2.04 bits per heavy atom. The van der Waals surface area contributed by atoms with Crippen molar-refractivity contribution in [3.63, 3.8) is 0 Å². The number of nitrogens with one attached hydrogen (secondary N) is 2. The topological polar surface area (TPSA) is 101 Å². The van der Waals surface area contributed by atoms with E-state index >= 15 is 0 Å². The normalized spacial score (nSPS) is 10.0. The van der Waals surface area contributed by atoms with E-state index in [4.69, 9.17) is 5.73 Å². The summed E-state index contributed by atoms with van der Waals surface area (Å²) in [4.78, 5) is 34.8. The third-order valence-corrected chi connectivity index (χ3v) is 3.26. The highest BCUT2D eigenvalue weighted by Gasteiger charge is 2.15. The number of rotatable bonds is 3. The number of carbonyl (C=O) groups excluding carboxylic acids is 3. The Kier molecular flexibility index (Phi) is 4.75. The smallest absolute Gasteiger partial charge is 0.314 e. The molecule has 2 aromatic rings. The Labute approximate surface area is 133 Å². The molecule has 0 heterocycles. The Bertz CT molecular complexity index is 767. The predicted molar refractivity (Wildman–Crippen MR) is 88.1 cm³/mol. The number of amides is 3. The van der Waals surface area contributed by atoms with Crippen molar-refractivity contribution in [3.8, 4) is 0 Å². The molecule has 0 saturated carbocycles. The van der Waals surface area contributed by atoms with Gasteiger partial charge < -0.3 is 16.4 Å². The zero-order valence-electron chi connectivity index (χ0n) is 12.8. The van der Waals surface area contributed by atoms with Crippen LogP contribution in [0, 0.1) is 13.8 Å². The van der Waals surface area contributed by atoms with E-state index in [1.807, 2.05) is 26.0 Å². The van der Waals surface area contributed by atoms with Gasteiger partial charge in [0, 0.05) is 16.9 Å². The van der Waals surface area contributed by atoms with Gasteiger partial charge in [-0.05, 0) is 49.7 Å². The van der Waals surface area contributed by atoms with E-state index in [0.29, 0.717) is 16.9 Å². The lowest BCUT2D eigenvalue weighted by Crippen LogP contribution is -2.29. The molecule has 4 N–H and O–H groups in total. The third-order valence-electron chi connectivity index (χ3n) is 3.26. The lowest BCUT2D eigenvalue weighted by molar-refractivity contribution is -0.133. The molecule has 2 aromatic carbocycles. The number of carbonyl (C=O) groups is 3. The van der Waals surface area contributed by atoms with Crippen LogP contribution in [0.5, 0.6) is 0 Å². The summed E-state index contributed by atoms with van der Waals surface area (Å²) in [6.07, 6.45) is 0. The SMILES string of the molecule is Cc1ccc(NC(=O)C(=O)Nc2ccc(C(N)=O)cc2)c(C)c1. The molecule has 0 spiro atoms. The van der Waals surface area contributed by atoms with Crippen LogP contribution < -0.4 is 16.4 Å². The minimum Gasteiger partial charge on any atom is -0.366 e. The van der Waals surface area contributed by atoms with Crippen LogP contribution in [0.3, 0.4) is 0 Å². The molecule has 0 aliphatic carbocycles. The van der Waals surface area contributed by atoms with Crippen molar-refractivity contribution in [1.29, 1.82) is 0 Å². The molecular formula is C17H17N3O3. The van der Waals surface area contributed by atoms with Gasteiger partial charge in [0.15, 0.2) is 0 Å². The second-order valence-corrected chi connectivity index (χ2v) is 5.17. The summed E-state index contributed by atoms with van der Waals surface area (Å²) in [7, 11) is 0. The van der Waals surface area contributed by atoms with Crippen molar-refractivity contribution in [2.75, 3.05) is 10.6 Å². The molecular weight excluding hydrogens is 294 g/mol. The van der Waals surface area contributed by atoms with E-state index in [1.165, 1.54) is 24.3 Å². The van der Waals surface area contributed by atoms with Gasteiger partial charge in [-0.2, -0.15) is 0 Å². The first-order chi connectivity index (χ1) is 10.9. The molecule has 0 fully saturated rings. The Morgan fingerprint density at radius 2 is 1.48 bits per heavy atom. The fourth-order valence-corrected chi connectivity index (χ4v) is 2.04. The maximum Gasteiger partial charge on any atom is 0.314 e. The van der Waals surface area contributed by atoms with Crippen LogP contribution in [0.2, 0.25) is 0 Å². The maximum absolute atomic E-state index is 11.9. The van der Waals surface area contributed by atoms with Crippen molar-refractivity contribution in [1.82, 2.24) is 0 Å². The van der Waals surface area contributed by atoms with Gasteiger partial charge in [0.1, 0.15) is 0 Å². The van der Waals surface area contributed by atoms with Crippen molar-refractivity contribution in [2.45, 2.75) is 13.8 Å². The number of hydrogen-bond donors (Lipinski definition) is 3. The van der Waals surface area contributed by atoms with E-state index in [-0.39, 0.29) is 0 Å². The molecule has 6 heteroatoms. The summed E-state index contributed by atoms with van der Waals surface area (Å²) < 4.78 is 0. The van der Waals surface area contributed by atoms with E-state index in [0.717, 1.165) is 11.1 Å². The molecule has 3 amide bonds. The van der Waals surface area contributed by atoms with Crippen LogP contribution in [0.1, 0.15) is 21.5 Å². The number of hydrogen-bond acceptors (Lipinski definition) is 3. The molecule has 0 bridgehead atoms. The molecule has 2 rings (SSSR count). The predicted octanol–water partition coefficient (Wildman–Crippen LogP) is 1.98. The average Bonchev–Trinajstić information content (AvgIpc) is 2.50. The van der Waals surface area contributed by atoms with Crippen molar-refractivity contribution in [2.24, 2.45) is 5.73 Å². The lowest BCUT2D eigenvalue weighted by atomic mass is 10.1. The molecule has 6 nitrogen and oxygen atoms in total. The summed E-state index contributed by atoms with van der Waals surface area (Å²) >= 11 is 0. The summed E-state index contributed by atoms with van der Waals surface area (Å²) in [6.45, 7) is 3.80. The standard InChI is InChI=1S/C17H17N3O3/c1-10-3-8-14(11(2)9-10)20-17(23)16(22)19-13-6-4-12(5-7-13)15(18)21/h3-9H,1-2H3,(H2,18,21)(H,19,22)(H,20,23). The largest absolute Gasteiger partial charge is 0.366 e. The van der Waals surface area contributed by atoms with E-state index in [2.05, 4.69) is 10.6 Å². The maximum atomic E-state index is 11.9. The molecule has 23 heavy (non-hydrogen) atoms. The second kappa shape index (κ2) is 6.74. The van der Waals surface area contributed by atoms with Crippen LogP contribution in [0.15, 0.2) is 42.5 Å². The van der Waals surface area contributed by atoms with Crippen molar-refractivity contribution < 1.29 is 14.4 Å². The Morgan fingerprint density at radius 1 is 0.870 bits per heavy atom. The first-order valence-electron chi connectivity index (χ1n) is 6.96. The van der Waals surface area contributed by atoms with Gasteiger partial charge >= 0.3 is 11.8 Å². The Balaban J connectivity index is 2.02. The molecule has 0 atom stereocenters. The molecule has 0 radical (unpaired) electrons. The summed E-state index contributed by atoms with van der Waals surface area (Å²) in [5.74, 6) is -2.12. The van der Waals surface area contributed by atoms with E-state index in [9.17, 15) is 14.4 Å². The first-order valence-corrected chi connectivity index (χ1v) is 6.96. The van der Waals surface area contributed by atoms with Gasteiger partial charge in [-0.25, -0.2) is 0 Å². The van der Waals surface area contributed by atoms with Gasteiger partial charge in [-0.15, -0.1) is 0 Å². The molecule has 0 aliphatic heterocycles.